The van der Waals surface area contributed by atoms with Crippen LogP contribution in [0.4, 0.5) is 0 Å². The third kappa shape index (κ3) is 0.971. The molecule has 0 saturated heterocycles. The van der Waals surface area contributed by atoms with E-state index in [0.717, 1.165) is 18.2 Å². The summed E-state index contributed by atoms with van der Waals surface area (Å²) in [5.74, 6) is 0.774. The molecule has 1 aromatic heterocycles. The lowest BCUT2D eigenvalue weighted by Crippen LogP contribution is -1.94. The van der Waals surface area contributed by atoms with E-state index in [1.807, 2.05) is 0 Å². The number of nitrogens with zero attached hydrogens (tertiary/aromatic N) is 2. The number of aromatic nitrogens is 2. The van der Waals surface area contributed by atoms with Crippen LogP contribution in [-0.2, 0) is 6.54 Å². The highest BCUT2D eigenvalue weighted by molar-refractivity contribution is 5.16. The summed E-state index contributed by atoms with van der Waals surface area (Å²) in [7, 11) is 0. The smallest absolute Gasteiger partial charge is 0.0596 e. The molecule has 1 aromatic rings. The lowest BCUT2D eigenvalue weighted by atomic mass is 10.0. The number of hydrogen-bond donors (Lipinski definition) is 0. The first-order valence-corrected chi connectivity index (χ1v) is 4.35. The summed E-state index contributed by atoms with van der Waals surface area (Å²) >= 11 is 0. The van der Waals surface area contributed by atoms with Gasteiger partial charge in [-0.3, -0.25) is 4.68 Å². The molecule has 2 rings (SSSR count). The Hall–Kier alpha value is -0.790. The maximum atomic E-state index is 4.41. The molecule has 2 nitrogen and oxygen atoms in total. The van der Waals surface area contributed by atoms with Crippen molar-refractivity contribution in [3.63, 3.8) is 0 Å². The van der Waals surface area contributed by atoms with E-state index in [2.05, 4.69) is 29.7 Å². The van der Waals surface area contributed by atoms with E-state index in [9.17, 15) is 0 Å². The molecular weight excluding hydrogens is 136 g/mol. The second-order valence-electron chi connectivity index (χ2n) is 3.33. The lowest BCUT2D eigenvalue weighted by Gasteiger charge is -2.01. The van der Waals surface area contributed by atoms with Crippen molar-refractivity contribution in [3.8, 4) is 0 Å². The Balaban J connectivity index is 2.37. The van der Waals surface area contributed by atoms with E-state index in [4.69, 9.17) is 0 Å². The third-order valence-electron chi connectivity index (χ3n) is 2.53. The first kappa shape index (κ1) is 6.89. The molecule has 0 saturated carbocycles. The van der Waals surface area contributed by atoms with Gasteiger partial charge in [0.25, 0.3) is 0 Å². The summed E-state index contributed by atoms with van der Waals surface area (Å²) in [5.41, 5.74) is 2.61. The van der Waals surface area contributed by atoms with Gasteiger partial charge >= 0.3 is 0 Å². The topological polar surface area (TPSA) is 17.8 Å². The molecule has 0 radical (unpaired) electrons. The fraction of sp³-hybridized carbons (Fsp3) is 0.667. The van der Waals surface area contributed by atoms with Gasteiger partial charge in [0, 0.05) is 18.2 Å². The summed E-state index contributed by atoms with van der Waals surface area (Å²) in [6.07, 6.45) is 2.55. The maximum Gasteiger partial charge on any atom is 0.0596 e. The average Bonchev–Trinajstić information content (AvgIpc) is 2.45. The van der Waals surface area contributed by atoms with Crippen molar-refractivity contribution in [1.29, 1.82) is 0 Å². The van der Waals surface area contributed by atoms with Crippen LogP contribution in [0.3, 0.4) is 0 Å². The molecule has 0 amide bonds. The zero-order valence-electron chi connectivity index (χ0n) is 7.17. The highest BCUT2D eigenvalue weighted by Gasteiger charge is 2.21. The van der Waals surface area contributed by atoms with Crippen molar-refractivity contribution in [1.82, 2.24) is 9.78 Å². The fourth-order valence-electron chi connectivity index (χ4n) is 1.91. The molecule has 0 spiro atoms. The molecular formula is C9H14N2. The van der Waals surface area contributed by atoms with Gasteiger partial charge < -0.3 is 0 Å². The molecule has 1 aliphatic rings. The van der Waals surface area contributed by atoms with Crippen LogP contribution in [0.5, 0.6) is 0 Å². The van der Waals surface area contributed by atoms with E-state index < -0.39 is 0 Å². The molecule has 60 valence electrons. The van der Waals surface area contributed by atoms with Crippen molar-refractivity contribution >= 4 is 0 Å². The van der Waals surface area contributed by atoms with Gasteiger partial charge in [0.2, 0.25) is 0 Å². The molecule has 0 fully saturated rings. The summed E-state index contributed by atoms with van der Waals surface area (Å²) < 4.78 is 2.16. The van der Waals surface area contributed by atoms with E-state index in [0.29, 0.717) is 0 Å². The second-order valence-corrected chi connectivity index (χ2v) is 3.33. The third-order valence-corrected chi connectivity index (χ3v) is 2.53. The zero-order chi connectivity index (χ0) is 7.84. The Kier molecular flexibility index (Phi) is 1.48. The van der Waals surface area contributed by atoms with Crippen LogP contribution >= 0.6 is 0 Å². The highest BCUT2D eigenvalue weighted by atomic mass is 15.3. The van der Waals surface area contributed by atoms with Gasteiger partial charge in [-0.05, 0) is 25.8 Å². The van der Waals surface area contributed by atoms with Crippen LogP contribution in [0.2, 0.25) is 0 Å². The average molecular weight is 150 g/mol. The van der Waals surface area contributed by atoms with Crippen LogP contribution in [0.15, 0.2) is 6.07 Å². The van der Waals surface area contributed by atoms with Crippen LogP contribution in [-0.4, -0.2) is 9.78 Å². The normalized spacial score (nSPS) is 22.2. The van der Waals surface area contributed by atoms with Crippen molar-refractivity contribution in [2.75, 3.05) is 0 Å². The van der Waals surface area contributed by atoms with Gasteiger partial charge in [-0.1, -0.05) is 6.92 Å². The van der Waals surface area contributed by atoms with Gasteiger partial charge in [0.05, 0.1) is 5.69 Å². The molecule has 11 heavy (non-hydrogen) atoms. The standard InChI is InChI=1S/C9H14N2/c1-3-8-4-5-11-9(8)6-7(2)10-11/h6,8H,3-5H2,1-2H3. The van der Waals surface area contributed by atoms with Gasteiger partial charge in [0.1, 0.15) is 0 Å². The van der Waals surface area contributed by atoms with Gasteiger partial charge in [-0.15, -0.1) is 0 Å². The van der Waals surface area contributed by atoms with Gasteiger partial charge in [-0.25, -0.2) is 0 Å². The van der Waals surface area contributed by atoms with E-state index in [-0.39, 0.29) is 0 Å². The molecule has 0 aromatic carbocycles. The van der Waals surface area contributed by atoms with Crippen molar-refractivity contribution in [2.45, 2.75) is 39.2 Å². The molecule has 2 heterocycles. The van der Waals surface area contributed by atoms with Gasteiger partial charge in [-0.2, -0.15) is 5.10 Å². The molecule has 0 aliphatic carbocycles. The van der Waals surface area contributed by atoms with Crippen molar-refractivity contribution < 1.29 is 0 Å². The molecule has 1 aliphatic heterocycles. The fourth-order valence-corrected chi connectivity index (χ4v) is 1.91. The van der Waals surface area contributed by atoms with E-state index in [1.165, 1.54) is 18.5 Å². The Labute approximate surface area is 67.2 Å². The Morgan fingerprint density at radius 2 is 2.55 bits per heavy atom. The minimum Gasteiger partial charge on any atom is -0.269 e. The number of fused-ring (bicyclic) bond motifs is 1. The first-order valence-electron chi connectivity index (χ1n) is 4.35. The zero-order valence-corrected chi connectivity index (χ0v) is 7.17. The number of hydrogen-bond acceptors (Lipinski definition) is 1. The first-order chi connectivity index (χ1) is 5.31. The molecule has 2 heteroatoms. The maximum absolute atomic E-state index is 4.41. The minimum absolute atomic E-state index is 0.774. The summed E-state index contributed by atoms with van der Waals surface area (Å²) in [4.78, 5) is 0. The number of aryl methyl sites for hydroxylation is 2. The predicted octanol–water partition coefficient (Wildman–Crippen LogP) is 2.09. The minimum atomic E-state index is 0.774. The van der Waals surface area contributed by atoms with Crippen LogP contribution in [0.1, 0.15) is 37.1 Å². The van der Waals surface area contributed by atoms with Crippen LogP contribution in [0.25, 0.3) is 0 Å². The summed E-state index contributed by atoms with van der Waals surface area (Å²) in [6, 6.07) is 2.22. The van der Waals surface area contributed by atoms with E-state index in [1.54, 1.807) is 0 Å². The monoisotopic (exact) mass is 150 g/mol. The largest absolute Gasteiger partial charge is 0.269 e. The summed E-state index contributed by atoms with van der Waals surface area (Å²) in [6.45, 7) is 5.45. The lowest BCUT2D eigenvalue weighted by molar-refractivity contribution is 0.616. The van der Waals surface area contributed by atoms with Crippen molar-refractivity contribution in [3.05, 3.63) is 17.5 Å². The molecule has 1 unspecified atom stereocenters. The summed E-state index contributed by atoms with van der Waals surface area (Å²) in [5, 5.41) is 4.41. The SMILES string of the molecule is CCC1CCn2nc(C)cc21. The highest BCUT2D eigenvalue weighted by Crippen LogP contribution is 2.30. The quantitative estimate of drug-likeness (QED) is 0.599. The molecule has 0 bridgehead atoms. The Morgan fingerprint density at radius 1 is 1.73 bits per heavy atom. The Morgan fingerprint density at radius 3 is 3.27 bits per heavy atom. The predicted molar refractivity (Wildman–Crippen MR) is 44.6 cm³/mol. The number of rotatable bonds is 1. The second kappa shape index (κ2) is 2.36. The van der Waals surface area contributed by atoms with E-state index >= 15 is 0 Å². The Bertz CT molecular complexity index is 263. The molecule has 1 atom stereocenters. The van der Waals surface area contributed by atoms with Crippen LogP contribution < -0.4 is 0 Å². The van der Waals surface area contributed by atoms with Gasteiger partial charge in [0.15, 0.2) is 0 Å². The van der Waals surface area contributed by atoms with Crippen molar-refractivity contribution in [2.24, 2.45) is 0 Å². The molecule has 0 N–H and O–H groups in total. The van der Waals surface area contributed by atoms with Crippen LogP contribution in [0, 0.1) is 6.92 Å².